The van der Waals surface area contributed by atoms with Gasteiger partial charge in [0.15, 0.2) is 0 Å². The van der Waals surface area contributed by atoms with E-state index < -0.39 is 0 Å². The molecule has 5 aliphatic rings. The highest BCUT2D eigenvalue weighted by molar-refractivity contribution is 5.08. The second-order valence-corrected chi connectivity index (χ2v) is 8.07. The molecule has 0 N–H and O–H groups in total. The van der Waals surface area contributed by atoms with Crippen molar-refractivity contribution in [2.45, 2.75) is 52.1 Å². The molecular weight excluding hydrogens is 208 g/mol. The molecule has 1 aliphatic carbocycles. The molecule has 4 bridgehead atoms. The van der Waals surface area contributed by atoms with Gasteiger partial charge in [0.2, 0.25) is 0 Å². The standard InChI is InChI=1S/C15H26N2/c1-14-7-15(2)10-16(8-14)13(17(9-14)11-15)12-5-3-4-6-12/h12-13H,3-11H2,1-2H3. The van der Waals surface area contributed by atoms with Crippen LogP contribution in [-0.4, -0.2) is 42.1 Å². The molecule has 2 heteroatoms. The summed E-state index contributed by atoms with van der Waals surface area (Å²) in [7, 11) is 0. The zero-order valence-corrected chi connectivity index (χ0v) is 11.4. The van der Waals surface area contributed by atoms with Crippen molar-refractivity contribution in [3.63, 3.8) is 0 Å². The van der Waals surface area contributed by atoms with E-state index in [1.54, 1.807) is 0 Å². The van der Waals surface area contributed by atoms with Gasteiger partial charge in [0.25, 0.3) is 0 Å². The molecule has 17 heavy (non-hydrogen) atoms. The largest absolute Gasteiger partial charge is 0.286 e. The second-order valence-electron chi connectivity index (χ2n) is 8.07. The SMILES string of the molecule is CC12CN3CC(C)(CN(C1)C3C1CCCC1)C2. The average Bonchev–Trinajstić information content (AvgIpc) is 2.65. The maximum Gasteiger partial charge on any atom is 0.0652 e. The van der Waals surface area contributed by atoms with E-state index in [1.807, 2.05) is 0 Å². The van der Waals surface area contributed by atoms with Gasteiger partial charge in [-0.05, 0) is 36.0 Å². The molecule has 0 atom stereocenters. The average molecular weight is 234 g/mol. The lowest BCUT2D eigenvalue weighted by atomic mass is 9.62. The molecule has 5 rings (SSSR count). The zero-order chi connectivity index (χ0) is 11.7. The molecular formula is C15H26N2. The molecule has 4 heterocycles. The van der Waals surface area contributed by atoms with Crippen molar-refractivity contribution in [3.8, 4) is 0 Å². The van der Waals surface area contributed by atoms with Gasteiger partial charge >= 0.3 is 0 Å². The fraction of sp³-hybridized carbons (Fsp3) is 1.00. The lowest BCUT2D eigenvalue weighted by Gasteiger charge is -2.67. The van der Waals surface area contributed by atoms with Crippen molar-refractivity contribution in [2.24, 2.45) is 16.7 Å². The highest BCUT2D eigenvalue weighted by atomic mass is 15.4. The quantitative estimate of drug-likeness (QED) is 0.688. The Hall–Kier alpha value is -0.0800. The Kier molecular flexibility index (Phi) is 2.08. The topological polar surface area (TPSA) is 6.48 Å². The maximum atomic E-state index is 2.85. The molecule has 0 unspecified atom stereocenters. The Balaban J connectivity index is 1.64. The van der Waals surface area contributed by atoms with Crippen molar-refractivity contribution in [1.82, 2.24) is 9.80 Å². The third-order valence-electron chi connectivity index (χ3n) is 5.76. The first-order valence-corrected chi connectivity index (χ1v) is 7.55. The predicted molar refractivity (Wildman–Crippen MR) is 69.7 cm³/mol. The Morgan fingerprint density at radius 2 is 1.29 bits per heavy atom. The monoisotopic (exact) mass is 234 g/mol. The van der Waals surface area contributed by atoms with Crippen molar-refractivity contribution >= 4 is 0 Å². The smallest absolute Gasteiger partial charge is 0.0652 e. The van der Waals surface area contributed by atoms with Crippen LogP contribution in [0.3, 0.4) is 0 Å². The minimum atomic E-state index is 0.598. The van der Waals surface area contributed by atoms with Gasteiger partial charge < -0.3 is 0 Å². The summed E-state index contributed by atoms with van der Waals surface area (Å²) in [5.74, 6) is 0.988. The summed E-state index contributed by atoms with van der Waals surface area (Å²) in [5.41, 5.74) is 1.20. The Morgan fingerprint density at radius 3 is 1.76 bits per heavy atom. The van der Waals surface area contributed by atoms with Crippen LogP contribution < -0.4 is 0 Å². The first-order valence-electron chi connectivity index (χ1n) is 7.55. The fourth-order valence-corrected chi connectivity index (χ4v) is 5.88. The number of rotatable bonds is 1. The molecule has 1 saturated carbocycles. The number of hydrogen-bond donors (Lipinski definition) is 0. The number of piperidine rings is 2. The summed E-state index contributed by atoms with van der Waals surface area (Å²) in [6.07, 6.45) is 8.23. The van der Waals surface area contributed by atoms with E-state index in [9.17, 15) is 0 Å². The molecule has 5 fully saturated rings. The Bertz CT molecular complexity index is 296. The van der Waals surface area contributed by atoms with Crippen LogP contribution in [0.5, 0.6) is 0 Å². The highest BCUT2D eigenvalue weighted by Gasteiger charge is 2.57. The summed E-state index contributed by atoms with van der Waals surface area (Å²) in [5, 5.41) is 0. The fourth-order valence-electron chi connectivity index (χ4n) is 5.88. The summed E-state index contributed by atoms with van der Waals surface area (Å²) >= 11 is 0. The van der Waals surface area contributed by atoms with Gasteiger partial charge in [-0.1, -0.05) is 26.7 Å². The van der Waals surface area contributed by atoms with Gasteiger partial charge in [-0.15, -0.1) is 0 Å². The molecule has 0 aromatic carbocycles. The molecule has 0 aromatic heterocycles. The minimum absolute atomic E-state index is 0.598. The lowest BCUT2D eigenvalue weighted by Crippen LogP contribution is -2.75. The first kappa shape index (κ1) is 10.8. The lowest BCUT2D eigenvalue weighted by molar-refractivity contribution is -0.205. The van der Waals surface area contributed by atoms with E-state index in [2.05, 4.69) is 23.6 Å². The van der Waals surface area contributed by atoms with E-state index in [-0.39, 0.29) is 0 Å². The summed E-state index contributed by atoms with van der Waals surface area (Å²) in [6.45, 7) is 10.5. The molecule has 0 amide bonds. The van der Waals surface area contributed by atoms with Crippen LogP contribution in [-0.2, 0) is 0 Å². The van der Waals surface area contributed by atoms with Crippen molar-refractivity contribution < 1.29 is 0 Å². The van der Waals surface area contributed by atoms with E-state index in [0.717, 1.165) is 12.1 Å². The molecule has 0 spiro atoms. The third-order valence-corrected chi connectivity index (χ3v) is 5.76. The van der Waals surface area contributed by atoms with Crippen molar-refractivity contribution in [2.75, 3.05) is 26.2 Å². The van der Waals surface area contributed by atoms with Crippen LogP contribution in [0.25, 0.3) is 0 Å². The molecule has 4 aliphatic heterocycles. The van der Waals surface area contributed by atoms with E-state index in [1.165, 1.54) is 58.3 Å². The van der Waals surface area contributed by atoms with Gasteiger partial charge in [-0.2, -0.15) is 0 Å². The molecule has 2 nitrogen and oxygen atoms in total. The second kappa shape index (κ2) is 3.27. The third kappa shape index (κ3) is 1.53. The van der Waals surface area contributed by atoms with Crippen LogP contribution in [0.4, 0.5) is 0 Å². The molecule has 0 aromatic rings. The van der Waals surface area contributed by atoms with Gasteiger partial charge in [0.05, 0.1) is 6.17 Å². The number of nitrogens with zero attached hydrogens (tertiary/aromatic N) is 2. The van der Waals surface area contributed by atoms with E-state index in [4.69, 9.17) is 0 Å². The van der Waals surface area contributed by atoms with Gasteiger partial charge in [-0.3, -0.25) is 9.80 Å². The van der Waals surface area contributed by atoms with Crippen molar-refractivity contribution in [3.05, 3.63) is 0 Å². The minimum Gasteiger partial charge on any atom is -0.286 e. The van der Waals surface area contributed by atoms with Gasteiger partial charge in [0.1, 0.15) is 0 Å². The first-order chi connectivity index (χ1) is 8.07. The number of hydrogen-bond acceptors (Lipinski definition) is 2. The van der Waals surface area contributed by atoms with Crippen LogP contribution in [0, 0.1) is 16.7 Å². The highest BCUT2D eigenvalue weighted by Crippen LogP contribution is 2.52. The summed E-state index contributed by atoms with van der Waals surface area (Å²) in [4.78, 5) is 5.71. The molecule has 0 radical (unpaired) electrons. The molecule has 4 saturated heterocycles. The van der Waals surface area contributed by atoms with Gasteiger partial charge in [-0.25, -0.2) is 0 Å². The van der Waals surface area contributed by atoms with Crippen LogP contribution >= 0.6 is 0 Å². The Labute approximate surface area is 105 Å². The van der Waals surface area contributed by atoms with Gasteiger partial charge in [0, 0.05) is 26.2 Å². The summed E-state index contributed by atoms with van der Waals surface area (Å²) in [6, 6.07) is 0. The van der Waals surface area contributed by atoms with Crippen molar-refractivity contribution in [1.29, 1.82) is 0 Å². The van der Waals surface area contributed by atoms with E-state index in [0.29, 0.717) is 10.8 Å². The maximum absolute atomic E-state index is 2.85. The Morgan fingerprint density at radius 1 is 0.824 bits per heavy atom. The van der Waals surface area contributed by atoms with Crippen LogP contribution in [0.2, 0.25) is 0 Å². The predicted octanol–water partition coefficient (Wildman–Crippen LogP) is 2.55. The summed E-state index contributed by atoms with van der Waals surface area (Å²) < 4.78 is 0. The molecule has 96 valence electrons. The van der Waals surface area contributed by atoms with Crippen LogP contribution in [0.1, 0.15) is 46.0 Å². The zero-order valence-electron chi connectivity index (χ0n) is 11.4. The van der Waals surface area contributed by atoms with Crippen LogP contribution in [0.15, 0.2) is 0 Å². The van der Waals surface area contributed by atoms with E-state index >= 15 is 0 Å². The normalized spacial score (nSPS) is 57.9.